The zero-order valence-corrected chi connectivity index (χ0v) is 20.0. The minimum atomic E-state index is -0.921. The number of anilines is 1. The molecule has 2 aromatic carbocycles. The van der Waals surface area contributed by atoms with Crippen LogP contribution in [-0.2, 0) is 14.3 Å². The van der Waals surface area contributed by atoms with E-state index in [0.29, 0.717) is 11.3 Å². The van der Waals surface area contributed by atoms with Gasteiger partial charge in [0.2, 0.25) is 5.91 Å². The Kier molecular flexibility index (Phi) is 8.79. The van der Waals surface area contributed by atoms with Crippen molar-refractivity contribution in [3.63, 3.8) is 0 Å². The molecule has 3 amide bonds. The molecule has 0 heterocycles. The van der Waals surface area contributed by atoms with Crippen molar-refractivity contribution in [2.45, 2.75) is 46.3 Å². The van der Waals surface area contributed by atoms with Gasteiger partial charge in [-0.05, 0) is 51.8 Å². The molecule has 7 nitrogen and oxygen atoms in total. The summed E-state index contributed by atoms with van der Waals surface area (Å²) >= 11 is 0. The minimum absolute atomic E-state index is 0.120. The molecule has 1 unspecified atom stereocenters. The van der Waals surface area contributed by atoms with Gasteiger partial charge < -0.3 is 20.3 Å². The van der Waals surface area contributed by atoms with E-state index in [4.69, 9.17) is 4.74 Å². The number of para-hydroxylation sites is 1. The molecule has 0 aliphatic rings. The molecule has 0 aliphatic heterocycles. The standard InChI is InChI=1S/C26H33N3O4/c1-7-15-29(22(30)17-27-25(32)33-26(4,5)6)23(20-13-10-11-18(2)16-20)24(31)28-21-14-9-8-12-19(21)3/h7-14,16,23H,1,15,17H2,2-6H3,(H,27,32)(H,28,31). The summed E-state index contributed by atoms with van der Waals surface area (Å²) in [6.07, 6.45) is 0.848. The molecular weight excluding hydrogens is 418 g/mol. The molecule has 0 aromatic heterocycles. The Balaban J connectivity index is 2.33. The fourth-order valence-corrected chi connectivity index (χ4v) is 3.28. The van der Waals surface area contributed by atoms with Crippen molar-refractivity contribution in [1.29, 1.82) is 0 Å². The molecule has 2 rings (SSSR count). The molecule has 0 radical (unpaired) electrons. The van der Waals surface area contributed by atoms with E-state index in [0.717, 1.165) is 11.1 Å². The zero-order chi connectivity index (χ0) is 24.6. The quantitative estimate of drug-likeness (QED) is 0.578. The highest BCUT2D eigenvalue weighted by atomic mass is 16.6. The maximum atomic E-state index is 13.5. The lowest BCUT2D eigenvalue weighted by Crippen LogP contribution is -2.46. The Hall–Kier alpha value is -3.61. The molecule has 0 bridgehead atoms. The molecule has 0 saturated carbocycles. The number of ether oxygens (including phenoxy) is 1. The molecule has 2 N–H and O–H groups in total. The Morgan fingerprint density at radius 2 is 1.79 bits per heavy atom. The van der Waals surface area contributed by atoms with Gasteiger partial charge in [-0.2, -0.15) is 0 Å². The van der Waals surface area contributed by atoms with Gasteiger partial charge >= 0.3 is 6.09 Å². The number of benzene rings is 2. The van der Waals surface area contributed by atoms with Gasteiger partial charge in [0, 0.05) is 12.2 Å². The summed E-state index contributed by atoms with van der Waals surface area (Å²) in [4.78, 5) is 40.1. The largest absolute Gasteiger partial charge is 0.444 e. The van der Waals surface area contributed by atoms with Gasteiger partial charge in [-0.25, -0.2) is 4.79 Å². The summed E-state index contributed by atoms with van der Waals surface area (Å²) in [6, 6.07) is 13.9. The van der Waals surface area contributed by atoms with E-state index in [9.17, 15) is 14.4 Å². The number of carbonyl (C=O) groups is 3. The second-order valence-corrected chi connectivity index (χ2v) is 8.81. The topological polar surface area (TPSA) is 87.7 Å². The third-order valence-electron chi connectivity index (χ3n) is 4.75. The number of alkyl carbamates (subject to hydrolysis) is 1. The number of hydrogen-bond acceptors (Lipinski definition) is 4. The van der Waals surface area contributed by atoms with Crippen LogP contribution >= 0.6 is 0 Å². The average molecular weight is 452 g/mol. The van der Waals surface area contributed by atoms with Crippen LogP contribution in [0.5, 0.6) is 0 Å². The van der Waals surface area contributed by atoms with Crippen molar-refractivity contribution in [1.82, 2.24) is 10.2 Å². The number of rotatable bonds is 8. The second-order valence-electron chi connectivity index (χ2n) is 8.81. The molecule has 0 spiro atoms. The smallest absolute Gasteiger partial charge is 0.408 e. The highest BCUT2D eigenvalue weighted by molar-refractivity contribution is 5.99. The van der Waals surface area contributed by atoms with Gasteiger partial charge in [0.25, 0.3) is 5.91 Å². The summed E-state index contributed by atoms with van der Waals surface area (Å²) in [6.45, 7) is 12.6. The van der Waals surface area contributed by atoms with Crippen LogP contribution < -0.4 is 10.6 Å². The van der Waals surface area contributed by atoms with Crippen molar-refractivity contribution in [2.24, 2.45) is 0 Å². The molecule has 7 heteroatoms. The fraction of sp³-hybridized carbons (Fsp3) is 0.346. The van der Waals surface area contributed by atoms with E-state index >= 15 is 0 Å². The third-order valence-corrected chi connectivity index (χ3v) is 4.75. The lowest BCUT2D eigenvalue weighted by atomic mass is 10.0. The normalized spacial score (nSPS) is 11.8. The van der Waals surface area contributed by atoms with E-state index in [1.807, 2.05) is 56.3 Å². The first-order chi connectivity index (χ1) is 15.5. The molecule has 0 saturated heterocycles. The highest BCUT2D eigenvalue weighted by Gasteiger charge is 2.31. The fourth-order valence-electron chi connectivity index (χ4n) is 3.28. The van der Waals surface area contributed by atoms with Gasteiger partial charge in [-0.1, -0.05) is 54.1 Å². The van der Waals surface area contributed by atoms with Crippen LogP contribution in [0.1, 0.15) is 43.5 Å². The van der Waals surface area contributed by atoms with Gasteiger partial charge in [0.1, 0.15) is 18.2 Å². The molecule has 0 fully saturated rings. The number of nitrogens with one attached hydrogen (secondary N) is 2. The van der Waals surface area contributed by atoms with E-state index in [2.05, 4.69) is 17.2 Å². The van der Waals surface area contributed by atoms with Gasteiger partial charge in [0.05, 0.1) is 0 Å². The first kappa shape index (κ1) is 25.6. The summed E-state index contributed by atoms with van der Waals surface area (Å²) in [5.74, 6) is -0.797. The van der Waals surface area contributed by atoms with Crippen LogP contribution in [0.4, 0.5) is 10.5 Å². The Morgan fingerprint density at radius 1 is 1.09 bits per heavy atom. The lowest BCUT2D eigenvalue weighted by Gasteiger charge is -2.31. The average Bonchev–Trinajstić information content (AvgIpc) is 2.72. The predicted molar refractivity (Wildman–Crippen MR) is 130 cm³/mol. The Morgan fingerprint density at radius 3 is 2.39 bits per heavy atom. The number of hydrogen-bond donors (Lipinski definition) is 2. The Bertz CT molecular complexity index is 1010. The van der Waals surface area contributed by atoms with E-state index in [-0.39, 0.29) is 19.0 Å². The first-order valence-corrected chi connectivity index (χ1v) is 10.8. The summed E-state index contributed by atoms with van der Waals surface area (Å²) < 4.78 is 5.21. The summed E-state index contributed by atoms with van der Waals surface area (Å²) in [5.41, 5.74) is 2.50. The zero-order valence-electron chi connectivity index (χ0n) is 20.0. The van der Waals surface area contributed by atoms with Crippen LogP contribution in [0.3, 0.4) is 0 Å². The van der Waals surface area contributed by atoms with E-state index in [1.165, 1.54) is 4.90 Å². The molecule has 1 atom stereocenters. The molecule has 0 aliphatic carbocycles. The SMILES string of the molecule is C=CCN(C(=O)CNC(=O)OC(C)(C)C)C(C(=O)Nc1ccccc1C)c1cccc(C)c1. The van der Waals surface area contributed by atoms with Crippen molar-refractivity contribution in [3.05, 3.63) is 77.9 Å². The number of carbonyl (C=O) groups excluding carboxylic acids is 3. The van der Waals surface area contributed by atoms with Crippen LogP contribution in [0.25, 0.3) is 0 Å². The molecular formula is C26H33N3O4. The monoisotopic (exact) mass is 451 g/mol. The number of amides is 3. The third kappa shape index (κ3) is 7.79. The summed E-state index contributed by atoms with van der Waals surface area (Å²) in [7, 11) is 0. The van der Waals surface area contributed by atoms with Crippen molar-refractivity contribution in [2.75, 3.05) is 18.4 Å². The number of aryl methyl sites for hydroxylation is 2. The van der Waals surface area contributed by atoms with Crippen LogP contribution in [0, 0.1) is 13.8 Å². The summed E-state index contributed by atoms with van der Waals surface area (Å²) in [5, 5.41) is 5.41. The second kappa shape index (κ2) is 11.3. The predicted octanol–water partition coefficient (Wildman–Crippen LogP) is 4.52. The van der Waals surface area contributed by atoms with Crippen LogP contribution in [0.15, 0.2) is 61.2 Å². The van der Waals surface area contributed by atoms with Crippen molar-refractivity contribution in [3.8, 4) is 0 Å². The van der Waals surface area contributed by atoms with Gasteiger partial charge in [0.15, 0.2) is 0 Å². The molecule has 2 aromatic rings. The minimum Gasteiger partial charge on any atom is -0.444 e. The maximum absolute atomic E-state index is 13.5. The Labute approximate surface area is 195 Å². The lowest BCUT2D eigenvalue weighted by molar-refractivity contribution is -0.137. The van der Waals surface area contributed by atoms with E-state index in [1.54, 1.807) is 32.9 Å². The number of nitrogens with zero attached hydrogens (tertiary/aromatic N) is 1. The first-order valence-electron chi connectivity index (χ1n) is 10.8. The molecule has 176 valence electrons. The maximum Gasteiger partial charge on any atom is 0.408 e. The molecule has 33 heavy (non-hydrogen) atoms. The van der Waals surface area contributed by atoms with Gasteiger partial charge in [-0.15, -0.1) is 6.58 Å². The van der Waals surface area contributed by atoms with Crippen LogP contribution in [-0.4, -0.2) is 41.5 Å². The highest BCUT2D eigenvalue weighted by Crippen LogP contribution is 2.25. The van der Waals surface area contributed by atoms with Crippen LogP contribution in [0.2, 0.25) is 0 Å². The van der Waals surface area contributed by atoms with Gasteiger partial charge in [-0.3, -0.25) is 9.59 Å². The van der Waals surface area contributed by atoms with E-state index < -0.39 is 23.6 Å². The van der Waals surface area contributed by atoms with Crippen molar-refractivity contribution >= 4 is 23.6 Å². The van der Waals surface area contributed by atoms with Crippen molar-refractivity contribution < 1.29 is 19.1 Å².